The lowest BCUT2D eigenvalue weighted by molar-refractivity contribution is 0.0828. The van der Waals surface area contributed by atoms with E-state index in [1.165, 1.54) is 0 Å². The molecule has 1 aromatic heterocycles. The van der Waals surface area contributed by atoms with Gasteiger partial charge < -0.3 is 14.6 Å². The second-order valence-corrected chi connectivity index (χ2v) is 4.79. The van der Waals surface area contributed by atoms with Crippen LogP contribution >= 0.6 is 0 Å². The predicted octanol–water partition coefficient (Wildman–Crippen LogP) is 2.25. The lowest BCUT2D eigenvalue weighted by Gasteiger charge is -2.08. The van der Waals surface area contributed by atoms with Gasteiger partial charge in [0.15, 0.2) is 0 Å². The minimum absolute atomic E-state index is 0.121. The fourth-order valence-corrected chi connectivity index (χ4v) is 2.23. The van der Waals surface area contributed by atoms with Gasteiger partial charge in [-0.25, -0.2) is 0 Å². The molecule has 1 fully saturated rings. The Morgan fingerprint density at radius 2 is 2.20 bits per heavy atom. The zero-order valence-corrected chi connectivity index (χ0v) is 11.0. The van der Waals surface area contributed by atoms with E-state index in [-0.39, 0.29) is 17.8 Å². The summed E-state index contributed by atoms with van der Waals surface area (Å²) < 4.78 is 10.5. The summed E-state index contributed by atoms with van der Waals surface area (Å²) in [5, 5.41) is 6.73. The molecule has 1 unspecified atom stereocenters. The third-order valence-electron chi connectivity index (χ3n) is 3.32. The third-order valence-corrected chi connectivity index (χ3v) is 3.32. The molecule has 0 aliphatic carbocycles. The number of hydrogen-bond acceptors (Lipinski definition) is 4. The fraction of sp³-hybridized carbons (Fsp3) is 0.333. The molecule has 0 radical (unpaired) electrons. The molecule has 2 aromatic rings. The molecule has 1 saturated heterocycles. The first-order chi connectivity index (χ1) is 9.83. The van der Waals surface area contributed by atoms with Gasteiger partial charge in [-0.2, -0.15) is 0 Å². The Hall–Kier alpha value is -2.14. The maximum atomic E-state index is 11.9. The smallest absolute Gasteiger partial charge is 0.290 e. The lowest BCUT2D eigenvalue weighted by Crippen LogP contribution is -2.31. The Bertz CT molecular complexity index is 574. The highest BCUT2D eigenvalue weighted by atomic mass is 16.5. The van der Waals surface area contributed by atoms with Crippen LogP contribution in [0.3, 0.4) is 0 Å². The molecule has 1 aliphatic heterocycles. The zero-order chi connectivity index (χ0) is 13.8. The summed E-state index contributed by atoms with van der Waals surface area (Å²) in [6.45, 7) is 1.29. The van der Waals surface area contributed by atoms with Gasteiger partial charge in [-0.3, -0.25) is 4.79 Å². The summed E-state index contributed by atoms with van der Waals surface area (Å²) in [4.78, 5) is 11.9. The highest BCUT2D eigenvalue weighted by Gasteiger charge is 2.18. The van der Waals surface area contributed by atoms with E-state index >= 15 is 0 Å². The topological polar surface area (TPSA) is 64.4 Å². The number of amides is 1. The van der Waals surface area contributed by atoms with Crippen molar-refractivity contribution in [1.29, 1.82) is 0 Å². The molecule has 0 bridgehead atoms. The summed E-state index contributed by atoms with van der Waals surface area (Å²) in [5.41, 5.74) is 1.59. The van der Waals surface area contributed by atoms with Crippen LogP contribution in [0.4, 0.5) is 0 Å². The molecule has 1 amide bonds. The Balaban J connectivity index is 1.62. The van der Waals surface area contributed by atoms with Gasteiger partial charge in [-0.15, -0.1) is 0 Å². The molecule has 0 spiro atoms. The zero-order valence-electron chi connectivity index (χ0n) is 11.0. The van der Waals surface area contributed by atoms with E-state index in [4.69, 9.17) is 9.26 Å². The highest BCUT2D eigenvalue weighted by Crippen LogP contribution is 2.18. The summed E-state index contributed by atoms with van der Waals surface area (Å²) in [6.07, 6.45) is 2.17. The van der Waals surface area contributed by atoms with Crippen molar-refractivity contribution >= 4 is 5.91 Å². The van der Waals surface area contributed by atoms with Gasteiger partial charge in [0, 0.05) is 24.8 Å². The number of rotatable bonds is 4. The molecular weight excluding hydrogens is 256 g/mol. The average Bonchev–Trinajstić information content (AvgIpc) is 3.17. The van der Waals surface area contributed by atoms with Crippen LogP contribution in [0.1, 0.15) is 23.4 Å². The normalized spacial score (nSPS) is 18.1. The number of carbonyl (C=O) groups is 1. The second-order valence-electron chi connectivity index (χ2n) is 4.79. The Labute approximate surface area is 116 Å². The summed E-state index contributed by atoms with van der Waals surface area (Å²) in [5.74, 6) is -0.0305. The minimum Gasteiger partial charge on any atom is -0.376 e. The van der Waals surface area contributed by atoms with Crippen molar-refractivity contribution < 1.29 is 14.1 Å². The standard InChI is InChI=1S/C15H16N2O3/c18-15(16-10-12-7-4-8-19-12)14-9-13(17-20-14)11-5-2-1-3-6-11/h1-3,5-6,9,12H,4,7-8,10H2,(H,16,18). The molecule has 104 valence electrons. The van der Waals surface area contributed by atoms with Gasteiger partial charge in [-0.1, -0.05) is 35.5 Å². The molecule has 5 nitrogen and oxygen atoms in total. The number of carbonyl (C=O) groups excluding carboxylic acids is 1. The molecule has 2 heterocycles. The molecule has 1 aliphatic rings. The van der Waals surface area contributed by atoms with E-state index in [0.717, 1.165) is 25.0 Å². The van der Waals surface area contributed by atoms with Crippen LogP contribution in [0.15, 0.2) is 40.9 Å². The Morgan fingerprint density at radius 3 is 2.95 bits per heavy atom. The summed E-state index contributed by atoms with van der Waals surface area (Å²) in [7, 11) is 0. The van der Waals surface area contributed by atoms with Gasteiger partial charge in [0.25, 0.3) is 5.91 Å². The molecular formula is C15H16N2O3. The van der Waals surface area contributed by atoms with E-state index in [9.17, 15) is 4.79 Å². The first-order valence-electron chi connectivity index (χ1n) is 6.75. The maximum absolute atomic E-state index is 11.9. The first kappa shape index (κ1) is 12.9. The van der Waals surface area contributed by atoms with E-state index < -0.39 is 0 Å². The quantitative estimate of drug-likeness (QED) is 0.927. The largest absolute Gasteiger partial charge is 0.376 e. The van der Waals surface area contributed by atoms with Crippen molar-refractivity contribution in [2.75, 3.05) is 13.2 Å². The van der Waals surface area contributed by atoms with Crippen LogP contribution in [-0.2, 0) is 4.74 Å². The van der Waals surface area contributed by atoms with Crippen molar-refractivity contribution in [3.63, 3.8) is 0 Å². The van der Waals surface area contributed by atoms with Gasteiger partial charge >= 0.3 is 0 Å². The van der Waals surface area contributed by atoms with Crippen LogP contribution in [0.5, 0.6) is 0 Å². The second kappa shape index (κ2) is 5.88. The van der Waals surface area contributed by atoms with E-state index in [1.54, 1.807) is 6.07 Å². The number of ether oxygens (including phenoxy) is 1. The molecule has 3 rings (SSSR count). The Morgan fingerprint density at radius 1 is 1.35 bits per heavy atom. The first-order valence-corrected chi connectivity index (χ1v) is 6.75. The van der Waals surface area contributed by atoms with Crippen molar-refractivity contribution in [3.05, 3.63) is 42.2 Å². The SMILES string of the molecule is O=C(NCC1CCCO1)c1cc(-c2ccccc2)no1. The molecule has 1 atom stereocenters. The molecule has 0 saturated carbocycles. The van der Waals surface area contributed by atoms with Crippen molar-refractivity contribution in [3.8, 4) is 11.3 Å². The van der Waals surface area contributed by atoms with Crippen molar-refractivity contribution in [2.24, 2.45) is 0 Å². The van der Waals surface area contributed by atoms with Crippen LogP contribution in [-0.4, -0.2) is 30.3 Å². The van der Waals surface area contributed by atoms with Crippen LogP contribution in [0, 0.1) is 0 Å². The number of nitrogens with one attached hydrogen (secondary N) is 1. The average molecular weight is 272 g/mol. The monoisotopic (exact) mass is 272 g/mol. The predicted molar refractivity (Wildman–Crippen MR) is 73.2 cm³/mol. The summed E-state index contributed by atoms with van der Waals surface area (Å²) >= 11 is 0. The molecule has 20 heavy (non-hydrogen) atoms. The van der Waals surface area contributed by atoms with Crippen molar-refractivity contribution in [2.45, 2.75) is 18.9 Å². The van der Waals surface area contributed by atoms with Gasteiger partial charge in [0.1, 0.15) is 5.69 Å². The van der Waals surface area contributed by atoms with Crippen LogP contribution in [0.25, 0.3) is 11.3 Å². The van der Waals surface area contributed by atoms with Gasteiger partial charge in [-0.05, 0) is 12.8 Å². The lowest BCUT2D eigenvalue weighted by atomic mass is 10.1. The number of nitrogens with zero attached hydrogens (tertiary/aromatic N) is 1. The highest BCUT2D eigenvalue weighted by molar-refractivity contribution is 5.92. The minimum atomic E-state index is -0.254. The van der Waals surface area contributed by atoms with Gasteiger partial charge in [0.05, 0.1) is 6.10 Å². The maximum Gasteiger partial charge on any atom is 0.290 e. The molecule has 1 aromatic carbocycles. The molecule has 1 N–H and O–H groups in total. The van der Waals surface area contributed by atoms with E-state index in [1.807, 2.05) is 30.3 Å². The van der Waals surface area contributed by atoms with Crippen LogP contribution < -0.4 is 5.32 Å². The fourth-order valence-electron chi connectivity index (χ4n) is 2.23. The van der Waals surface area contributed by atoms with Crippen molar-refractivity contribution in [1.82, 2.24) is 10.5 Å². The van der Waals surface area contributed by atoms with E-state index in [2.05, 4.69) is 10.5 Å². The van der Waals surface area contributed by atoms with Crippen LogP contribution in [0.2, 0.25) is 0 Å². The third kappa shape index (κ3) is 2.88. The Kier molecular flexibility index (Phi) is 3.78. The van der Waals surface area contributed by atoms with E-state index in [0.29, 0.717) is 12.2 Å². The number of benzene rings is 1. The number of aromatic nitrogens is 1. The summed E-state index contributed by atoms with van der Waals surface area (Å²) in [6, 6.07) is 11.3. The number of hydrogen-bond donors (Lipinski definition) is 1. The van der Waals surface area contributed by atoms with Gasteiger partial charge in [0.2, 0.25) is 5.76 Å². The molecule has 5 heteroatoms.